The normalized spacial score (nSPS) is 19.9. The van der Waals surface area contributed by atoms with Crippen molar-refractivity contribution in [1.82, 2.24) is 4.72 Å². The molecule has 1 saturated heterocycles. The molecule has 1 aromatic rings. The average Bonchev–Trinajstić information content (AvgIpc) is 2.64. The van der Waals surface area contributed by atoms with E-state index in [2.05, 4.69) is 10.0 Å². The summed E-state index contributed by atoms with van der Waals surface area (Å²) in [6, 6.07) is 2.81. The number of unbranched alkanes of at least 4 members (excludes halogenated alkanes) is 1. The second-order valence-corrected chi connectivity index (χ2v) is 10.2. The number of sulfonamides is 1. The molecule has 1 aliphatic rings. The first kappa shape index (κ1) is 24.5. The smallest absolute Gasteiger partial charge is 0.224 e. The van der Waals surface area contributed by atoms with Crippen molar-refractivity contribution in [3.8, 4) is 0 Å². The molecule has 1 heterocycles. The van der Waals surface area contributed by atoms with Crippen LogP contribution < -0.4 is 14.9 Å². The van der Waals surface area contributed by atoms with E-state index in [1.54, 1.807) is 18.7 Å². The molecule has 0 aromatic heterocycles. The van der Waals surface area contributed by atoms with Crippen molar-refractivity contribution in [2.75, 3.05) is 29.9 Å². The largest absolute Gasteiger partial charge is 0.372 e. The molecule has 0 radical (unpaired) electrons. The van der Waals surface area contributed by atoms with E-state index in [4.69, 9.17) is 4.74 Å². The van der Waals surface area contributed by atoms with Crippen LogP contribution >= 0.6 is 0 Å². The average molecular weight is 448 g/mol. The molecular weight excluding hydrogens is 416 g/mol. The number of ether oxygens (including phenoxy) is 1. The summed E-state index contributed by atoms with van der Waals surface area (Å²) < 4.78 is 60.5. The fraction of sp³-hybridized carbons (Fsp3) is 0.650. The van der Waals surface area contributed by atoms with Gasteiger partial charge in [0.05, 0.1) is 28.8 Å². The van der Waals surface area contributed by atoms with E-state index in [-0.39, 0.29) is 36.5 Å². The third-order valence-corrected chi connectivity index (χ3v) is 6.70. The zero-order valence-electron chi connectivity index (χ0n) is 17.9. The molecule has 0 saturated carbocycles. The van der Waals surface area contributed by atoms with Crippen molar-refractivity contribution in [1.29, 1.82) is 0 Å². The number of nitrogens with zero attached hydrogens (tertiary/aromatic N) is 1. The lowest BCUT2D eigenvalue weighted by atomic mass is 10.1. The standard InChI is InChI=1S/C20H31F2N3O4S/c1-13(2)30(27,28)23-10-6-5-7-18(26)24-16-8-9-17(20(22)19(16)21)25-11-14(3)29-15(4)12-25/h8-9,13-15,23H,5-7,10-12H2,1-4H3,(H,24,26). The summed E-state index contributed by atoms with van der Waals surface area (Å²) in [4.78, 5) is 13.8. The molecule has 10 heteroatoms. The maximum absolute atomic E-state index is 14.6. The lowest BCUT2D eigenvalue weighted by Gasteiger charge is -2.37. The van der Waals surface area contributed by atoms with E-state index in [0.29, 0.717) is 25.9 Å². The third kappa shape index (κ3) is 6.61. The van der Waals surface area contributed by atoms with Gasteiger partial charge >= 0.3 is 0 Å². The molecule has 1 aromatic carbocycles. The second-order valence-electron chi connectivity index (χ2n) is 7.92. The van der Waals surface area contributed by atoms with Crippen LogP contribution in [0.4, 0.5) is 20.2 Å². The van der Waals surface area contributed by atoms with Gasteiger partial charge in [0.25, 0.3) is 0 Å². The second kappa shape index (κ2) is 10.5. The fourth-order valence-electron chi connectivity index (χ4n) is 3.26. The number of hydrogen-bond acceptors (Lipinski definition) is 5. The first-order valence-corrected chi connectivity index (χ1v) is 11.7. The highest BCUT2D eigenvalue weighted by molar-refractivity contribution is 7.90. The highest BCUT2D eigenvalue weighted by atomic mass is 32.2. The zero-order chi connectivity index (χ0) is 22.5. The van der Waals surface area contributed by atoms with Crippen molar-refractivity contribution in [3.05, 3.63) is 23.8 Å². The number of halogens is 2. The van der Waals surface area contributed by atoms with Crippen LogP contribution in [0.5, 0.6) is 0 Å². The van der Waals surface area contributed by atoms with Crippen LogP contribution in [0.1, 0.15) is 47.0 Å². The number of rotatable bonds is 9. The van der Waals surface area contributed by atoms with Gasteiger partial charge < -0.3 is 15.0 Å². The van der Waals surface area contributed by atoms with Gasteiger partial charge in [-0.3, -0.25) is 4.79 Å². The summed E-state index contributed by atoms with van der Waals surface area (Å²) in [5.74, 6) is -2.56. The Morgan fingerprint density at radius 3 is 2.40 bits per heavy atom. The number of amides is 1. The Balaban J connectivity index is 1.88. The SMILES string of the molecule is CC1CN(c2ccc(NC(=O)CCCCNS(=O)(=O)C(C)C)c(F)c2F)CC(C)O1. The minimum Gasteiger partial charge on any atom is -0.372 e. The molecule has 1 fully saturated rings. The molecule has 2 N–H and O–H groups in total. The summed E-state index contributed by atoms with van der Waals surface area (Å²) in [5.41, 5.74) is -0.0685. The third-order valence-electron chi connectivity index (χ3n) is 4.85. The van der Waals surface area contributed by atoms with Gasteiger partial charge in [-0.2, -0.15) is 0 Å². The summed E-state index contributed by atoms with van der Waals surface area (Å²) in [5, 5.41) is 1.87. The number of morpholine rings is 1. The highest BCUT2D eigenvalue weighted by Gasteiger charge is 2.26. The Hall–Kier alpha value is -1.78. The van der Waals surface area contributed by atoms with Crippen LogP contribution in [0.3, 0.4) is 0 Å². The highest BCUT2D eigenvalue weighted by Crippen LogP contribution is 2.29. The molecule has 0 spiro atoms. The number of anilines is 2. The molecule has 170 valence electrons. The Morgan fingerprint density at radius 1 is 1.17 bits per heavy atom. The van der Waals surface area contributed by atoms with Crippen molar-refractivity contribution in [2.45, 2.75) is 64.4 Å². The van der Waals surface area contributed by atoms with E-state index >= 15 is 0 Å². The summed E-state index contributed by atoms with van der Waals surface area (Å²) in [6.45, 7) is 8.03. The van der Waals surface area contributed by atoms with Crippen molar-refractivity contribution < 1.29 is 26.7 Å². The predicted molar refractivity (Wildman–Crippen MR) is 113 cm³/mol. The Morgan fingerprint density at radius 2 is 1.80 bits per heavy atom. The van der Waals surface area contributed by atoms with Crippen LogP contribution in [-0.4, -0.2) is 51.4 Å². The maximum atomic E-state index is 14.6. The van der Waals surface area contributed by atoms with Gasteiger partial charge in [-0.1, -0.05) is 0 Å². The first-order chi connectivity index (χ1) is 14.0. The van der Waals surface area contributed by atoms with Gasteiger partial charge in [-0.15, -0.1) is 0 Å². The Kier molecular flexibility index (Phi) is 8.57. The predicted octanol–water partition coefficient (Wildman–Crippen LogP) is 3.02. The van der Waals surface area contributed by atoms with E-state index in [1.165, 1.54) is 12.1 Å². The van der Waals surface area contributed by atoms with E-state index < -0.39 is 32.8 Å². The summed E-state index contributed by atoms with van der Waals surface area (Å²) in [7, 11) is -3.33. The van der Waals surface area contributed by atoms with Gasteiger partial charge in [0, 0.05) is 26.1 Å². The molecular formula is C20H31F2N3O4S. The molecule has 30 heavy (non-hydrogen) atoms. The minimum absolute atomic E-state index is 0.0741. The molecule has 1 aliphatic heterocycles. The Bertz CT molecular complexity index is 839. The van der Waals surface area contributed by atoms with Gasteiger partial charge in [-0.05, 0) is 52.7 Å². The number of benzene rings is 1. The van der Waals surface area contributed by atoms with Gasteiger partial charge in [0.1, 0.15) is 0 Å². The van der Waals surface area contributed by atoms with Crippen LogP contribution in [0.15, 0.2) is 12.1 Å². The molecule has 2 unspecified atom stereocenters. The van der Waals surface area contributed by atoms with Gasteiger partial charge in [-0.25, -0.2) is 21.9 Å². The molecule has 0 aliphatic carbocycles. The first-order valence-electron chi connectivity index (χ1n) is 10.2. The van der Waals surface area contributed by atoms with Crippen molar-refractivity contribution in [3.63, 3.8) is 0 Å². The minimum atomic E-state index is -3.33. The summed E-state index contributed by atoms with van der Waals surface area (Å²) >= 11 is 0. The maximum Gasteiger partial charge on any atom is 0.224 e. The zero-order valence-corrected chi connectivity index (χ0v) is 18.7. The number of carbonyl (C=O) groups excluding carboxylic acids is 1. The Labute approximate surface area is 177 Å². The number of hydrogen-bond donors (Lipinski definition) is 2. The molecule has 2 rings (SSSR count). The van der Waals surface area contributed by atoms with E-state index in [9.17, 15) is 22.0 Å². The van der Waals surface area contributed by atoms with E-state index in [1.807, 2.05) is 13.8 Å². The van der Waals surface area contributed by atoms with Gasteiger partial charge in [0.15, 0.2) is 11.6 Å². The number of nitrogens with one attached hydrogen (secondary N) is 2. The van der Waals surface area contributed by atoms with Crippen LogP contribution in [0.2, 0.25) is 0 Å². The monoisotopic (exact) mass is 447 g/mol. The topological polar surface area (TPSA) is 87.7 Å². The van der Waals surface area contributed by atoms with Crippen LogP contribution in [0, 0.1) is 11.6 Å². The fourth-order valence-corrected chi connectivity index (χ4v) is 4.02. The van der Waals surface area contributed by atoms with Crippen molar-refractivity contribution >= 4 is 27.3 Å². The lowest BCUT2D eigenvalue weighted by molar-refractivity contribution is -0.116. The van der Waals surface area contributed by atoms with Crippen molar-refractivity contribution in [2.24, 2.45) is 0 Å². The molecule has 1 amide bonds. The molecule has 7 nitrogen and oxygen atoms in total. The quantitative estimate of drug-likeness (QED) is 0.568. The summed E-state index contributed by atoms with van der Waals surface area (Å²) in [6.07, 6.45) is 0.757. The van der Waals surface area contributed by atoms with Crippen LogP contribution in [0.25, 0.3) is 0 Å². The van der Waals surface area contributed by atoms with Gasteiger partial charge in [0.2, 0.25) is 15.9 Å². The molecule has 0 bridgehead atoms. The van der Waals surface area contributed by atoms with Crippen LogP contribution in [-0.2, 0) is 19.6 Å². The number of carbonyl (C=O) groups is 1. The lowest BCUT2D eigenvalue weighted by Crippen LogP contribution is -2.45. The molecule has 2 atom stereocenters. The van der Waals surface area contributed by atoms with E-state index in [0.717, 1.165) is 0 Å².